The number of carbonyl (C=O) groups is 1. The van der Waals surface area contributed by atoms with Crippen LogP contribution in [0.3, 0.4) is 0 Å². The van der Waals surface area contributed by atoms with Crippen LogP contribution in [-0.2, 0) is 0 Å². The minimum absolute atomic E-state index is 0.0789. The highest BCUT2D eigenvalue weighted by Crippen LogP contribution is 2.29. The number of unbranched alkanes of at least 4 members (excludes halogenated alkanes) is 2. The summed E-state index contributed by atoms with van der Waals surface area (Å²) < 4.78 is 0. The van der Waals surface area contributed by atoms with Crippen molar-refractivity contribution < 1.29 is 4.79 Å². The number of ketones is 1. The summed E-state index contributed by atoms with van der Waals surface area (Å²) in [6.07, 6.45) is 8.75. The third-order valence-electron chi connectivity index (χ3n) is 4.15. The highest BCUT2D eigenvalue weighted by molar-refractivity contribution is 6.07. The number of carbonyl (C=O) groups excluding carboxylic acids is 1. The number of rotatable bonds is 4. The Labute approximate surface area is 120 Å². The SMILES string of the molecule is CCCCCC1C=Cc2cc3ccccc3cc2C1=O. The van der Waals surface area contributed by atoms with Crippen LogP contribution in [0.5, 0.6) is 0 Å². The van der Waals surface area contributed by atoms with Gasteiger partial charge in [0.25, 0.3) is 0 Å². The van der Waals surface area contributed by atoms with Gasteiger partial charge in [0.05, 0.1) is 0 Å². The number of fused-ring (bicyclic) bond motifs is 2. The van der Waals surface area contributed by atoms with E-state index in [-0.39, 0.29) is 5.92 Å². The Kier molecular flexibility index (Phi) is 3.68. The van der Waals surface area contributed by atoms with Gasteiger partial charge in [-0.2, -0.15) is 0 Å². The zero-order valence-corrected chi connectivity index (χ0v) is 11.9. The number of hydrogen-bond acceptors (Lipinski definition) is 1. The van der Waals surface area contributed by atoms with Gasteiger partial charge >= 0.3 is 0 Å². The second kappa shape index (κ2) is 5.62. The van der Waals surface area contributed by atoms with E-state index in [0.717, 1.165) is 29.4 Å². The molecule has 0 saturated carbocycles. The molecule has 0 bridgehead atoms. The fourth-order valence-corrected chi connectivity index (χ4v) is 2.96. The summed E-state index contributed by atoms with van der Waals surface area (Å²) in [5.41, 5.74) is 1.97. The van der Waals surface area contributed by atoms with Gasteiger partial charge in [0.15, 0.2) is 5.78 Å². The van der Waals surface area contributed by atoms with Crippen LogP contribution < -0.4 is 0 Å². The molecule has 1 aliphatic carbocycles. The first-order valence-corrected chi connectivity index (χ1v) is 7.55. The summed E-state index contributed by atoms with van der Waals surface area (Å²) >= 11 is 0. The van der Waals surface area contributed by atoms with Crippen LogP contribution >= 0.6 is 0 Å². The van der Waals surface area contributed by atoms with E-state index in [1.165, 1.54) is 18.2 Å². The maximum Gasteiger partial charge on any atom is 0.170 e. The Morgan fingerprint density at radius 3 is 2.55 bits per heavy atom. The van der Waals surface area contributed by atoms with Gasteiger partial charge in [0, 0.05) is 11.5 Å². The lowest BCUT2D eigenvalue weighted by Gasteiger charge is -2.19. The van der Waals surface area contributed by atoms with Gasteiger partial charge in [-0.1, -0.05) is 62.6 Å². The number of Topliss-reactive ketones (excluding diaryl/α,β-unsaturated/α-hetero) is 1. The summed E-state index contributed by atoms with van der Waals surface area (Å²) in [5.74, 6) is 0.375. The standard InChI is InChI=1S/C19H20O/c1-2-3-4-7-14-10-11-17-12-15-8-5-6-9-16(15)13-18(17)19(14)20/h5-6,8-14H,2-4,7H2,1H3. The molecule has 20 heavy (non-hydrogen) atoms. The summed E-state index contributed by atoms with van der Waals surface area (Å²) in [4.78, 5) is 12.6. The molecule has 0 spiro atoms. The minimum atomic E-state index is 0.0789. The minimum Gasteiger partial charge on any atom is -0.293 e. The van der Waals surface area contributed by atoms with Crippen molar-refractivity contribution in [3.8, 4) is 0 Å². The van der Waals surface area contributed by atoms with Crippen molar-refractivity contribution in [3.05, 3.63) is 53.6 Å². The number of benzene rings is 2. The quantitative estimate of drug-likeness (QED) is 0.690. The molecule has 3 rings (SSSR count). The molecular weight excluding hydrogens is 244 g/mol. The summed E-state index contributed by atoms with van der Waals surface area (Å²) in [5, 5.41) is 2.36. The van der Waals surface area contributed by atoms with E-state index >= 15 is 0 Å². The highest BCUT2D eigenvalue weighted by Gasteiger charge is 2.23. The predicted octanol–water partition coefficient (Wildman–Crippen LogP) is 5.25. The van der Waals surface area contributed by atoms with E-state index in [9.17, 15) is 4.79 Å². The van der Waals surface area contributed by atoms with Crippen LogP contribution in [0.2, 0.25) is 0 Å². The third-order valence-corrected chi connectivity index (χ3v) is 4.15. The first-order valence-electron chi connectivity index (χ1n) is 7.55. The average molecular weight is 264 g/mol. The van der Waals surface area contributed by atoms with Gasteiger partial charge < -0.3 is 0 Å². The lowest BCUT2D eigenvalue weighted by molar-refractivity contribution is 0.0937. The molecule has 1 heteroatoms. The van der Waals surface area contributed by atoms with Crippen molar-refractivity contribution in [3.63, 3.8) is 0 Å². The molecule has 1 unspecified atom stereocenters. The Balaban J connectivity index is 1.92. The molecule has 0 N–H and O–H groups in total. The second-order valence-corrected chi connectivity index (χ2v) is 5.61. The van der Waals surface area contributed by atoms with Crippen molar-refractivity contribution in [1.82, 2.24) is 0 Å². The van der Waals surface area contributed by atoms with Crippen molar-refractivity contribution in [2.24, 2.45) is 5.92 Å². The zero-order chi connectivity index (χ0) is 13.9. The molecule has 0 amide bonds. The maximum atomic E-state index is 12.6. The van der Waals surface area contributed by atoms with Gasteiger partial charge in [-0.05, 0) is 34.9 Å². The van der Waals surface area contributed by atoms with Crippen LogP contribution in [0.15, 0.2) is 42.5 Å². The maximum absolute atomic E-state index is 12.6. The molecule has 0 radical (unpaired) electrons. The lowest BCUT2D eigenvalue weighted by Crippen LogP contribution is -2.17. The lowest BCUT2D eigenvalue weighted by atomic mass is 9.84. The van der Waals surface area contributed by atoms with Gasteiger partial charge in [-0.25, -0.2) is 0 Å². The van der Waals surface area contributed by atoms with E-state index in [4.69, 9.17) is 0 Å². The zero-order valence-electron chi connectivity index (χ0n) is 11.9. The fourth-order valence-electron chi connectivity index (χ4n) is 2.96. The molecule has 2 aromatic carbocycles. The molecule has 0 aromatic heterocycles. The fraction of sp³-hybridized carbons (Fsp3) is 0.316. The van der Waals surface area contributed by atoms with Crippen LogP contribution in [0.1, 0.15) is 48.5 Å². The Bertz CT molecular complexity index is 667. The molecule has 102 valence electrons. The van der Waals surface area contributed by atoms with E-state index < -0.39 is 0 Å². The highest BCUT2D eigenvalue weighted by atomic mass is 16.1. The van der Waals surface area contributed by atoms with Crippen molar-refractivity contribution in [2.45, 2.75) is 32.6 Å². The smallest absolute Gasteiger partial charge is 0.170 e. The largest absolute Gasteiger partial charge is 0.293 e. The summed E-state index contributed by atoms with van der Waals surface area (Å²) in [7, 11) is 0. The molecule has 1 aliphatic rings. The van der Waals surface area contributed by atoms with E-state index in [1.54, 1.807) is 0 Å². The molecule has 0 saturated heterocycles. The third kappa shape index (κ3) is 2.40. The second-order valence-electron chi connectivity index (χ2n) is 5.61. The average Bonchev–Trinajstić information content (AvgIpc) is 2.48. The van der Waals surface area contributed by atoms with E-state index in [0.29, 0.717) is 5.78 Å². The number of allylic oxidation sites excluding steroid dienone is 1. The predicted molar refractivity (Wildman–Crippen MR) is 84.9 cm³/mol. The molecule has 2 aromatic rings. The van der Waals surface area contributed by atoms with Gasteiger partial charge in [0.2, 0.25) is 0 Å². The Morgan fingerprint density at radius 2 is 1.80 bits per heavy atom. The normalized spacial score (nSPS) is 17.4. The molecule has 0 aliphatic heterocycles. The van der Waals surface area contributed by atoms with Crippen LogP contribution in [0.25, 0.3) is 16.8 Å². The van der Waals surface area contributed by atoms with Crippen molar-refractivity contribution in [1.29, 1.82) is 0 Å². The van der Waals surface area contributed by atoms with Crippen LogP contribution in [0, 0.1) is 5.92 Å². The summed E-state index contributed by atoms with van der Waals surface area (Å²) in [6.45, 7) is 2.19. The Hall–Kier alpha value is -1.89. The van der Waals surface area contributed by atoms with Crippen molar-refractivity contribution >= 4 is 22.6 Å². The van der Waals surface area contributed by atoms with Crippen LogP contribution in [-0.4, -0.2) is 5.78 Å². The summed E-state index contributed by atoms with van der Waals surface area (Å²) in [6, 6.07) is 12.4. The topological polar surface area (TPSA) is 17.1 Å². The molecular formula is C19H20O. The Morgan fingerprint density at radius 1 is 1.05 bits per heavy atom. The van der Waals surface area contributed by atoms with E-state index in [2.05, 4.69) is 43.3 Å². The van der Waals surface area contributed by atoms with Crippen LogP contribution in [0.4, 0.5) is 0 Å². The molecule has 1 atom stereocenters. The monoisotopic (exact) mass is 264 g/mol. The molecule has 0 heterocycles. The van der Waals surface area contributed by atoms with E-state index in [1.807, 2.05) is 12.1 Å². The van der Waals surface area contributed by atoms with Gasteiger partial charge in [-0.15, -0.1) is 0 Å². The first-order chi connectivity index (χ1) is 9.79. The van der Waals surface area contributed by atoms with Crippen molar-refractivity contribution in [2.75, 3.05) is 0 Å². The first kappa shape index (κ1) is 13.1. The molecule has 1 nitrogen and oxygen atoms in total. The molecule has 0 fully saturated rings. The van der Waals surface area contributed by atoms with Gasteiger partial charge in [0.1, 0.15) is 0 Å². The number of hydrogen-bond donors (Lipinski definition) is 0. The van der Waals surface area contributed by atoms with Gasteiger partial charge in [-0.3, -0.25) is 4.79 Å².